The van der Waals surface area contributed by atoms with E-state index in [9.17, 15) is 8.42 Å². The zero-order valence-electron chi connectivity index (χ0n) is 14.7. The smallest absolute Gasteiger partial charge is 0.235 e. The predicted octanol–water partition coefficient (Wildman–Crippen LogP) is 4.66. The van der Waals surface area contributed by atoms with Gasteiger partial charge in [0.2, 0.25) is 10.0 Å². The van der Waals surface area contributed by atoms with E-state index in [0.717, 1.165) is 17.5 Å². The van der Waals surface area contributed by atoms with E-state index in [4.69, 9.17) is 0 Å². The Balaban J connectivity index is 1.76. The third-order valence-electron chi connectivity index (χ3n) is 4.26. The Bertz CT molecular complexity index is 895. The van der Waals surface area contributed by atoms with Crippen molar-refractivity contribution in [1.29, 1.82) is 0 Å². The fourth-order valence-corrected chi connectivity index (χ4v) is 4.43. The first-order valence-electron chi connectivity index (χ1n) is 8.78. The number of para-hydroxylation sites is 1. The Hall–Kier alpha value is -2.59. The largest absolute Gasteiger partial charge is 0.266 e. The van der Waals surface area contributed by atoms with Gasteiger partial charge in [-0.3, -0.25) is 4.31 Å². The molecule has 3 aromatic carbocycles. The Morgan fingerprint density at radius 1 is 0.654 bits per heavy atom. The Kier molecular flexibility index (Phi) is 6.08. The van der Waals surface area contributed by atoms with Crippen LogP contribution in [0.3, 0.4) is 0 Å². The summed E-state index contributed by atoms with van der Waals surface area (Å²) >= 11 is 0. The average molecular weight is 365 g/mol. The molecule has 3 nitrogen and oxygen atoms in total. The number of anilines is 1. The summed E-state index contributed by atoms with van der Waals surface area (Å²) < 4.78 is 27.6. The van der Waals surface area contributed by atoms with E-state index in [1.165, 1.54) is 4.31 Å². The minimum Gasteiger partial charge on any atom is -0.266 e. The molecule has 0 bridgehead atoms. The van der Waals surface area contributed by atoms with E-state index in [1.54, 1.807) is 0 Å². The molecule has 3 aromatic rings. The molecule has 0 saturated heterocycles. The highest BCUT2D eigenvalue weighted by atomic mass is 32.2. The van der Waals surface area contributed by atoms with Crippen LogP contribution in [0.15, 0.2) is 91.0 Å². The summed E-state index contributed by atoms with van der Waals surface area (Å²) in [6.07, 6.45) is 1.36. The van der Waals surface area contributed by atoms with Crippen molar-refractivity contribution in [3.05, 3.63) is 102 Å². The SMILES string of the molecule is O=S(=O)(CCCc1ccccc1)N(Cc1ccccc1)c1ccccc1. The van der Waals surface area contributed by atoms with Crippen LogP contribution in [0.4, 0.5) is 5.69 Å². The molecule has 3 rings (SSSR count). The zero-order chi connectivity index (χ0) is 18.2. The fraction of sp³-hybridized carbons (Fsp3) is 0.182. The molecular formula is C22H23NO2S. The summed E-state index contributed by atoms with van der Waals surface area (Å²) in [6.45, 7) is 0.346. The maximum atomic E-state index is 13.1. The first kappa shape index (κ1) is 18.2. The standard InChI is InChI=1S/C22H23NO2S/c24-26(25,18-10-15-20-11-4-1-5-12-20)23(22-16-8-3-9-17-22)19-21-13-6-2-7-14-21/h1-9,11-14,16-17H,10,15,18-19H2. The fourth-order valence-electron chi connectivity index (χ4n) is 2.91. The van der Waals surface area contributed by atoms with Crippen molar-refractivity contribution >= 4 is 15.7 Å². The van der Waals surface area contributed by atoms with Crippen LogP contribution in [0.1, 0.15) is 17.5 Å². The van der Waals surface area contributed by atoms with Gasteiger partial charge in [-0.05, 0) is 36.1 Å². The highest BCUT2D eigenvalue weighted by molar-refractivity contribution is 7.92. The summed E-state index contributed by atoms with van der Waals surface area (Å²) in [7, 11) is -3.41. The number of aryl methyl sites for hydroxylation is 1. The molecular weight excluding hydrogens is 342 g/mol. The summed E-state index contributed by atoms with van der Waals surface area (Å²) in [5.74, 6) is 0.129. The summed E-state index contributed by atoms with van der Waals surface area (Å²) in [5, 5.41) is 0. The van der Waals surface area contributed by atoms with Crippen molar-refractivity contribution in [2.75, 3.05) is 10.1 Å². The van der Waals surface area contributed by atoms with Crippen LogP contribution >= 0.6 is 0 Å². The Morgan fingerprint density at radius 2 is 1.15 bits per heavy atom. The van der Waals surface area contributed by atoms with Crippen molar-refractivity contribution in [1.82, 2.24) is 0 Å². The second-order valence-corrected chi connectivity index (χ2v) is 8.25. The van der Waals surface area contributed by atoms with Crippen molar-refractivity contribution in [2.24, 2.45) is 0 Å². The molecule has 134 valence electrons. The molecule has 0 aliphatic rings. The average Bonchev–Trinajstić information content (AvgIpc) is 2.68. The predicted molar refractivity (Wildman–Crippen MR) is 108 cm³/mol. The topological polar surface area (TPSA) is 37.4 Å². The zero-order valence-corrected chi connectivity index (χ0v) is 15.5. The Labute approximate surface area is 156 Å². The van der Waals surface area contributed by atoms with Gasteiger partial charge in [0.1, 0.15) is 0 Å². The molecule has 0 aromatic heterocycles. The van der Waals surface area contributed by atoms with E-state index < -0.39 is 10.0 Å². The van der Waals surface area contributed by atoms with Gasteiger partial charge in [0, 0.05) is 0 Å². The van der Waals surface area contributed by atoms with E-state index in [2.05, 4.69) is 0 Å². The second kappa shape index (κ2) is 8.68. The van der Waals surface area contributed by atoms with Gasteiger partial charge in [0.15, 0.2) is 0 Å². The van der Waals surface area contributed by atoms with E-state index in [-0.39, 0.29) is 5.75 Å². The van der Waals surface area contributed by atoms with Gasteiger partial charge in [0.25, 0.3) is 0 Å². The van der Waals surface area contributed by atoms with Crippen LogP contribution in [0.5, 0.6) is 0 Å². The molecule has 0 unspecified atom stereocenters. The lowest BCUT2D eigenvalue weighted by molar-refractivity contribution is 0.587. The van der Waals surface area contributed by atoms with Crippen LogP contribution in [0, 0.1) is 0 Å². The maximum absolute atomic E-state index is 13.1. The summed E-state index contributed by atoms with van der Waals surface area (Å²) in [4.78, 5) is 0. The quantitative estimate of drug-likeness (QED) is 0.582. The molecule has 0 atom stereocenters. The van der Waals surface area contributed by atoms with Crippen molar-refractivity contribution in [3.8, 4) is 0 Å². The lowest BCUT2D eigenvalue weighted by atomic mass is 10.1. The third kappa shape index (κ3) is 4.96. The minimum atomic E-state index is -3.41. The normalized spacial score (nSPS) is 11.2. The van der Waals surface area contributed by atoms with Crippen molar-refractivity contribution in [3.63, 3.8) is 0 Å². The lowest BCUT2D eigenvalue weighted by Crippen LogP contribution is -2.32. The monoisotopic (exact) mass is 365 g/mol. The van der Waals surface area contributed by atoms with Crippen LogP contribution < -0.4 is 4.31 Å². The molecule has 4 heteroatoms. The van der Waals surface area contributed by atoms with Gasteiger partial charge in [-0.15, -0.1) is 0 Å². The third-order valence-corrected chi connectivity index (χ3v) is 6.08. The van der Waals surface area contributed by atoms with E-state index in [1.807, 2.05) is 91.0 Å². The number of nitrogens with zero attached hydrogens (tertiary/aromatic N) is 1. The number of hydrogen-bond acceptors (Lipinski definition) is 2. The van der Waals surface area contributed by atoms with Gasteiger partial charge in [-0.2, -0.15) is 0 Å². The molecule has 0 amide bonds. The Morgan fingerprint density at radius 3 is 1.73 bits per heavy atom. The highest BCUT2D eigenvalue weighted by Gasteiger charge is 2.22. The van der Waals surface area contributed by atoms with Crippen molar-refractivity contribution < 1.29 is 8.42 Å². The van der Waals surface area contributed by atoms with E-state index >= 15 is 0 Å². The molecule has 0 radical (unpaired) electrons. The van der Waals surface area contributed by atoms with Crippen LogP contribution in [-0.4, -0.2) is 14.2 Å². The van der Waals surface area contributed by atoms with Crippen LogP contribution in [0.25, 0.3) is 0 Å². The minimum absolute atomic E-state index is 0.129. The number of sulfonamides is 1. The van der Waals surface area contributed by atoms with Crippen LogP contribution in [0.2, 0.25) is 0 Å². The molecule has 0 heterocycles. The molecule has 0 aliphatic carbocycles. The van der Waals surface area contributed by atoms with Gasteiger partial charge >= 0.3 is 0 Å². The molecule has 0 spiro atoms. The second-order valence-electron chi connectivity index (χ2n) is 6.23. The molecule has 26 heavy (non-hydrogen) atoms. The van der Waals surface area contributed by atoms with Crippen LogP contribution in [-0.2, 0) is 23.0 Å². The number of benzene rings is 3. The molecule has 0 aliphatic heterocycles. The van der Waals surface area contributed by atoms with Gasteiger partial charge in [0.05, 0.1) is 18.0 Å². The first-order chi connectivity index (χ1) is 12.6. The maximum Gasteiger partial charge on any atom is 0.235 e. The van der Waals surface area contributed by atoms with E-state index in [0.29, 0.717) is 18.7 Å². The number of rotatable bonds is 8. The van der Waals surface area contributed by atoms with Gasteiger partial charge in [-0.1, -0.05) is 78.9 Å². The highest BCUT2D eigenvalue weighted by Crippen LogP contribution is 2.22. The molecule has 0 saturated carbocycles. The molecule has 0 fully saturated rings. The van der Waals surface area contributed by atoms with Gasteiger partial charge < -0.3 is 0 Å². The van der Waals surface area contributed by atoms with Crippen molar-refractivity contribution in [2.45, 2.75) is 19.4 Å². The lowest BCUT2D eigenvalue weighted by Gasteiger charge is -2.24. The number of hydrogen-bond donors (Lipinski definition) is 0. The molecule has 0 N–H and O–H groups in total. The van der Waals surface area contributed by atoms with Gasteiger partial charge in [-0.25, -0.2) is 8.42 Å². The first-order valence-corrected chi connectivity index (χ1v) is 10.4. The summed E-state index contributed by atoms with van der Waals surface area (Å²) in [5.41, 5.74) is 2.84. The summed E-state index contributed by atoms with van der Waals surface area (Å²) in [6, 6.07) is 29.0.